The summed E-state index contributed by atoms with van der Waals surface area (Å²) in [4.78, 5) is 25.2. The van der Waals surface area contributed by atoms with Gasteiger partial charge in [-0.3, -0.25) is 9.59 Å². The highest BCUT2D eigenvalue weighted by molar-refractivity contribution is 6.26. The highest BCUT2D eigenvalue weighted by Gasteiger charge is 2.33. The average Bonchev–Trinajstić information content (AvgIpc) is 2.68. The number of benzene rings is 1. The number of hydrogen-bond acceptors (Lipinski definition) is 3. The molecule has 3 heteroatoms. The maximum Gasteiger partial charge on any atom is 0.190 e. The van der Waals surface area contributed by atoms with Crippen molar-refractivity contribution in [1.29, 1.82) is 0 Å². The Labute approximate surface area is 118 Å². The Bertz CT molecular complexity index is 552. The Hall–Kier alpha value is -1.74. The third-order valence-corrected chi connectivity index (χ3v) is 4.51. The van der Waals surface area contributed by atoms with Gasteiger partial charge in [-0.15, -0.1) is 0 Å². The van der Waals surface area contributed by atoms with Crippen molar-refractivity contribution in [3.8, 4) is 0 Å². The van der Waals surface area contributed by atoms with Crippen LogP contribution in [0.5, 0.6) is 0 Å². The summed E-state index contributed by atoms with van der Waals surface area (Å²) in [6.07, 6.45) is 4.36. The van der Waals surface area contributed by atoms with Gasteiger partial charge >= 0.3 is 0 Å². The molecule has 2 N–H and O–H groups in total. The molecule has 2 aliphatic rings. The second-order valence-electron chi connectivity index (χ2n) is 5.68. The number of Topliss-reactive ketones (excluding diaryl/α,β-unsaturated/α-hetero) is 2. The molecular formula is C17H19NO2. The van der Waals surface area contributed by atoms with Crippen LogP contribution in [-0.4, -0.2) is 18.1 Å². The van der Waals surface area contributed by atoms with E-state index in [9.17, 15) is 9.59 Å². The Morgan fingerprint density at radius 2 is 1.45 bits per heavy atom. The third-order valence-electron chi connectivity index (χ3n) is 4.51. The van der Waals surface area contributed by atoms with E-state index in [0.29, 0.717) is 23.6 Å². The smallest absolute Gasteiger partial charge is 0.190 e. The standard InChI is InChI=1S/C17H19NO2/c18-10-9-11-5-7-14-15(8-6-11)17(20)13-4-2-1-3-12(13)16(14)19/h1-4,11H,5-10,18H2. The minimum Gasteiger partial charge on any atom is -0.330 e. The topological polar surface area (TPSA) is 60.2 Å². The first-order chi connectivity index (χ1) is 9.72. The van der Waals surface area contributed by atoms with E-state index in [1.807, 2.05) is 12.1 Å². The lowest BCUT2D eigenvalue weighted by Gasteiger charge is -2.19. The zero-order chi connectivity index (χ0) is 14.1. The quantitative estimate of drug-likeness (QED) is 0.898. The normalized spacial score (nSPS) is 19.6. The number of ketones is 2. The Morgan fingerprint density at radius 1 is 0.950 bits per heavy atom. The maximum atomic E-state index is 12.6. The van der Waals surface area contributed by atoms with E-state index in [1.54, 1.807) is 12.1 Å². The van der Waals surface area contributed by atoms with Crippen molar-refractivity contribution in [3.05, 3.63) is 46.5 Å². The largest absolute Gasteiger partial charge is 0.330 e. The molecule has 0 radical (unpaired) electrons. The monoisotopic (exact) mass is 269 g/mol. The Balaban J connectivity index is 1.95. The van der Waals surface area contributed by atoms with Crippen molar-refractivity contribution in [2.45, 2.75) is 32.1 Å². The van der Waals surface area contributed by atoms with Crippen molar-refractivity contribution in [3.63, 3.8) is 0 Å². The number of allylic oxidation sites excluding steroid dienone is 2. The van der Waals surface area contributed by atoms with Gasteiger partial charge in [0, 0.05) is 22.3 Å². The molecule has 0 spiro atoms. The molecule has 1 aromatic carbocycles. The van der Waals surface area contributed by atoms with Crippen molar-refractivity contribution >= 4 is 11.6 Å². The van der Waals surface area contributed by atoms with Crippen LogP contribution in [0.15, 0.2) is 35.4 Å². The minimum atomic E-state index is 0.0589. The fraction of sp³-hybridized carbons (Fsp3) is 0.412. The van der Waals surface area contributed by atoms with Gasteiger partial charge < -0.3 is 5.73 Å². The molecule has 0 amide bonds. The van der Waals surface area contributed by atoms with Gasteiger partial charge in [-0.1, -0.05) is 24.3 Å². The molecule has 0 saturated carbocycles. The zero-order valence-electron chi connectivity index (χ0n) is 11.5. The summed E-state index contributed by atoms with van der Waals surface area (Å²) < 4.78 is 0. The van der Waals surface area contributed by atoms with E-state index in [4.69, 9.17) is 5.73 Å². The lowest BCUT2D eigenvalue weighted by Crippen LogP contribution is -2.21. The van der Waals surface area contributed by atoms with E-state index in [1.165, 1.54) is 0 Å². The first-order valence-electron chi connectivity index (χ1n) is 7.33. The second kappa shape index (κ2) is 5.33. The van der Waals surface area contributed by atoms with Crippen LogP contribution < -0.4 is 5.73 Å². The summed E-state index contributed by atoms with van der Waals surface area (Å²) in [5.41, 5.74) is 8.30. The summed E-state index contributed by atoms with van der Waals surface area (Å²) >= 11 is 0. The van der Waals surface area contributed by atoms with Gasteiger partial charge in [-0.05, 0) is 44.6 Å². The van der Waals surface area contributed by atoms with Gasteiger partial charge in [-0.25, -0.2) is 0 Å². The number of rotatable bonds is 2. The molecule has 0 aromatic heterocycles. The van der Waals surface area contributed by atoms with Crippen LogP contribution in [0.4, 0.5) is 0 Å². The van der Waals surface area contributed by atoms with Gasteiger partial charge in [0.25, 0.3) is 0 Å². The molecule has 0 unspecified atom stereocenters. The molecular weight excluding hydrogens is 250 g/mol. The lowest BCUT2D eigenvalue weighted by atomic mass is 9.82. The molecule has 104 valence electrons. The summed E-state index contributed by atoms with van der Waals surface area (Å²) in [6, 6.07) is 7.18. The van der Waals surface area contributed by atoms with Gasteiger partial charge in [0.15, 0.2) is 11.6 Å². The van der Waals surface area contributed by atoms with Crippen LogP contribution in [0.25, 0.3) is 0 Å². The maximum absolute atomic E-state index is 12.6. The SMILES string of the molecule is NCCC1CCC2=C(CC1)C(=O)c1ccccc1C2=O. The fourth-order valence-corrected chi connectivity index (χ4v) is 3.37. The molecule has 20 heavy (non-hydrogen) atoms. The van der Waals surface area contributed by atoms with Crippen molar-refractivity contribution in [2.24, 2.45) is 11.7 Å². The summed E-state index contributed by atoms with van der Waals surface area (Å²) in [5, 5.41) is 0. The van der Waals surface area contributed by atoms with E-state index >= 15 is 0 Å². The van der Waals surface area contributed by atoms with Crippen LogP contribution in [0.2, 0.25) is 0 Å². The predicted octanol–water partition coefficient (Wildman–Crippen LogP) is 2.90. The number of fused-ring (bicyclic) bond motifs is 1. The number of hydrogen-bond donors (Lipinski definition) is 1. The van der Waals surface area contributed by atoms with E-state index < -0.39 is 0 Å². The third kappa shape index (κ3) is 2.12. The molecule has 2 aliphatic carbocycles. The first kappa shape index (κ1) is 13.3. The van der Waals surface area contributed by atoms with E-state index in [0.717, 1.165) is 43.3 Å². The summed E-state index contributed by atoms with van der Waals surface area (Å²) in [6.45, 7) is 0.678. The molecule has 0 aliphatic heterocycles. The summed E-state index contributed by atoms with van der Waals surface area (Å²) in [7, 11) is 0. The molecule has 0 heterocycles. The number of carbonyl (C=O) groups is 2. The van der Waals surface area contributed by atoms with Crippen LogP contribution >= 0.6 is 0 Å². The van der Waals surface area contributed by atoms with Crippen molar-refractivity contribution < 1.29 is 9.59 Å². The van der Waals surface area contributed by atoms with Crippen molar-refractivity contribution in [1.82, 2.24) is 0 Å². The van der Waals surface area contributed by atoms with E-state index in [2.05, 4.69) is 0 Å². The van der Waals surface area contributed by atoms with Crippen LogP contribution in [0.1, 0.15) is 52.8 Å². The molecule has 0 atom stereocenters. The molecule has 3 nitrogen and oxygen atoms in total. The average molecular weight is 269 g/mol. The second-order valence-corrected chi connectivity index (χ2v) is 5.68. The Morgan fingerprint density at radius 3 is 1.90 bits per heavy atom. The predicted molar refractivity (Wildman–Crippen MR) is 77.8 cm³/mol. The van der Waals surface area contributed by atoms with Crippen LogP contribution in [-0.2, 0) is 0 Å². The lowest BCUT2D eigenvalue weighted by molar-refractivity contribution is 0.0970. The number of nitrogens with two attached hydrogens (primary N) is 1. The Kier molecular flexibility index (Phi) is 3.53. The number of carbonyl (C=O) groups excluding carboxylic acids is 2. The first-order valence-corrected chi connectivity index (χ1v) is 7.33. The van der Waals surface area contributed by atoms with Gasteiger partial charge in [0.05, 0.1) is 0 Å². The van der Waals surface area contributed by atoms with Crippen LogP contribution in [0.3, 0.4) is 0 Å². The zero-order valence-corrected chi connectivity index (χ0v) is 11.5. The highest BCUT2D eigenvalue weighted by atomic mass is 16.1. The minimum absolute atomic E-state index is 0.0589. The van der Waals surface area contributed by atoms with E-state index in [-0.39, 0.29) is 11.6 Å². The van der Waals surface area contributed by atoms with Crippen molar-refractivity contribution in [2.75, 3.05) is 6.54 Å². The molecule has 1 aromatic rings. The van der Waals surface area contributed by atoms with Gasteiger partial charge in [0.2, 0.25) is 0 Å². The highest BCUT2D eigenvalue weighted by Crippen LogP contribution is 2.36. The van der Waals surface area contributed by atoms with Crippen LogP contribution in [0, 0.1) is 5.92 Å². The van der Waals surface area contributed by atoms with Gasteiger partial charge in [-0.2, -0.15) is 0 Å². The fourth-order valence-electron chi connectivity index (χ4n) is 3.37. The molecule has 0 fully saturated rings. The van der Waals surface area contributed by atoms with Gasteiger partial charge in [0.1, 0.15) is 0 Å². The molecule has 0 bridgehead atoms. The molecule has 0 saturated heterocycles. The summed E-state index contributed by atoms with van der Waals surface area (Å²) in [5.74, 6) is 0.654. The molecule has 3 rings (SSSR count).